The molecular weight excluding hydrogens is 397 g/mol. The second-order valence-corrected chi connectivity index (χ2v) is 6.62. The summed E-state index contributed by atoms with van der Waals surface area (Å²) in [5, 5.41) is 25.3. The second kappa shape index (κ2) is 6.85. The first-order chi connectivity index (χ1) is 12.3. The third-order valence-corrected chi connectivity index (χ3v) is 4.07. The monoisotopic (exact) mass is 406 g/mol. The lowest BCUT2D eigenvalue weighted by Crippen LogP contribution is -2.14. The van der Waals surface area contributed by atoms with Crippen LogP contribution < -0.4 is 9.88 Å². The van der Waals surface area contributed by atoms with Gasteiger partial charge in [0.25, 0.3) is 0 Å². The van der Waals surface area contributed by atoms with Crippen LogP contribution in [0.1, 0.15) is 15.9 Å². The first-order valence-electron chi connectivity index (χ1n) is 6.74. The molecular formula is C14H9F3N2O7S. The lowest BCUT2D eigenvalue weighted by Gasteiger charge is -2.12. The summed E-state index contributed by atoms with van der Waals surface area (Å²) < 4.78 is 66.1. The molecule has 2 rings (SSSR count). The summed E-state index contributed by atoms with van der Waals surface area (Å²) in [4.78, 5) is 20.6. The van der Waals surface area contributed by atoms with Crippen LogP contribution in [0.3, 0.4) is 0 Å². The molecule has 13 heteroatoms. The molecule has 0 aromatic heterocycles. The Morgan fingerprint density at radius 2 is 1.85 bits per heavy atom. The molecule has 0 spiro atoms. The maximum absolute atomic E-state index is 12.8. The molecule has 0 saturated carbocycles. The molecule has 0 saturated heterocycles. The fourth-order valence-electron chi connectivity index (χ4n) is 2.01. The van der Waals surface area contributed by atoms with Crippen molar-refractivity contribution in [2.24, 2.45) is 5.14 Å². The average Bonchev–Trinajstić information content (AvgIpc) is 2.52. The molecule has 144 valence electrons. The van der Waals surface area contributed by atoms with Crippen molar-refractivity contribution in [3.8, 4) is 11.5 Å². The SMILES string of the molecule is NS(=O)(=O)c1cc(C(=O)O)c(Oc2cccc(C(F)(F)F)c2)c([N+](=O)[O-])c1. The van der Waals surface area contributed by atoms with Gasteiger partial charge < -0.3 is 9.84 Å². The average molecular weight is 406 g/mol. The minimum atomic E-state index is -4.74. The van der Waals surface area contributed by atoms with E-state index in [0.29, 0.717) is 24.3 Å². The van der Waals surface area contributed by atoms with Gasteiger partial charge in [0.15, 0.2) is 0 Å². The van der Waals surface area contributed by atoms with Crippen LogP contribution in [0, 0.1) is 10.1 Å². The van der Waals surface area contributed by atoms with E-state index in [1.807, 2.05) is 0 Å². The number of alkyl halides is 3. The number of nitro groups is 1. The topological polar surface area (TPSA) is 150 Å². The number of halogens is 3. The highest BCUT2D eigenvalue weighted by Crippen LogP contribution is 2.39. The van der Waals surface area contributed by atoms with Gasteiger partial charge in [-0.1, -0.05) is 6.07 Å². The Morgan fingerprint density at radius 1 is 1.22 bits per heavy atom. The van der Waals surface area contributed by atoms with E-state index in [1.165, 1.54) is 0 Å². The molecule has 0 bridgehead atoms. The number of nitrogens with zero attached hydrogens (tertiary/aromatic N) is 1. The molecule has 0 aliphatic carbocycles. The number of carbonyl (C=O) groups is 1. The smallest absolute Gasteiger partial charge is 0.416 e. The number of hydrogen-bond donors (Lipinski definition) is 2. The molecule has 0 fully saturated rings. The molecule has 0 unspecified atom stereocenters. The van der Waals surface area contributed by atoms with Gasteiger partial charge in [-0.3, -0.25) is 10.1 Å². The van der Waals surface area contributed by atoms with E-state index in [2.05, 4.69) is 0 Å². The summed E-state index contributed by atoms with van der Waals surface area (Å²) in [7, 11) is -4.50. The normalized spacial score (nSPS) is 11.9. The lowest BCUT2D eigenvalue weighted by molar-refractivity contribution is -0.385. The van der Waals surface area contributed by atoms with Crippen LogP contribution in [-0.2, 0) is 16.2 Å². The zero-order chi connectivity index (χ0) is 20.6. The van der Waals surface area contributed by atoms with Crippen molar-refractivity contribution >= 4 is 21.7 Å². The number of nitrogens with two attached hydrogens (primary N) is 1. The highest BCUT2D eigenvalue weighted by molar-refractivity contribution is 7.89. The number of aromatic carboxylic acids is 1. The maximum Gasteiger partial charge on any atom is 0.416 e. The fraction of sp³-hybridized carbons (Fsp3) is 0.0714. The van der Waals surface area contributed by atoms with E-state index in [-0.39, 0.29) is 0 Å². The van der Waals surface area contributed by atoms with Crippen molar-refractivity contribution in [2.75, 3.05) is 0 Å². The Balaban J connectivity index is 2.69. The van der Waals surface area contributed by atoms with Crippen LogP contribution in [0.5, 0.6) is 11.5 Å². The van der Waals surface area contributed by atoms with Gasteiger partial charge in [-0.05, 0) is 24.3 Å². The lowest BCUT2D eigenvalue weighted by atomic mass is 10.1. The quantitative estimate of drug-likeness (QED) is 0.572. The molecule has 0 aliphatic rings. The summed E-state index contributed by atoms with van der Waals surface area (Å²) >= 11 is 0. The molecule has 2 aromatic carbocycles. The van der Waals surface area contributed by atoms with Crippen molar-refractivity contribution < 1.29 is 41.2 Å². The van der Waals surface area contributed by atoms with Crippen molar-refractivity contribution in [3.63, 3.8) is 0 Å². The van der Waals surface area contributed by atoms with Gasteiger partial charge in [0.1, 0.15) is 11.3 Å². The van der Waals surface area contributed by atoms with Gasteiger partial charge >= 0.3 is 17.8 Å². The Bertz CT molecular complexity index is 1000. The van der Waals surface area contributed by atoms with Gasteiger partial charge in [-0.15, -0.1) is 0 Å². The van der Waals surface area contributed by atoms with E-state index in [1.54, 1.807) is 0 Å². The van der Waals surface area contributed by atoms with Crippen molar-refractivity contribution in [2.45, 2.75) is 11.1 Å². The van der Waals surface area contributed by atoms with Crippen molar-refractivity contribution in [1.29, 1.82) is 0 Å². The minimum Gasteiger partial charge on any atom is -0.478 e. The third-order valence-electron chi connectivity index (χ3n) is 3.18. The Labute approximate surface area is 149 Å². The summed E-state index contributed by atoms with van der Waals surface area (Å²) in [6.07, 6.45) is -4.74. The third kappa shape index (κ3) is 4.51. The number of ether oxygens (including phenoxy) is 1. The Hall–Kier alpha value is -3.19. The van der Waals surface area contributed by atoms with E-state index in [0.717, 1.165) is 12.1 Å². The molecule has 0 radical (unpaired) electrons. The molecule has 0 atom stereocenters. The second-order valence-electron chi connectivity index (χ2n) is 5.05. The number of sulfonamides is 1. The zero-order valence-corrected chi connectivity index (χ0v) is 13.7. The van der Waals surface area contributed by atoms with Crippen LogP contribution in [-0.4, -0.2) is 24.4 Å². The first-order valence-corrected chi connectivity index (χ1v) is 8.29. The predicted octanol–water partition coefficient (Wildman–Crippen LogP) is 2.75. The first kappa shape index (κ1) is 20.1. The number of nitro benzene ring substituents is 1. The number of benzene rings is 2. The van der Waals surface area contributed by atoms with Crippen LogP contribution in [0.25, 0.3) is 0 Å². The predicted molar refractivity (Wildman–Crippen MR) is 82.9 cm³/mol. The van der Waals surface area contributed by atoms with Crippen LogP contribution in [0.15, 0.2) is 41.3 Å². The molecule has 0 amide bonds. The fourth-order valence-corrected chi connectivity index (χ4v) is 2.57. The van der Waals surface area contributed by atoms with Crippen LogP contribution in [0.2, 0.25) is 0 Å². The Kier molecular flexibility index (Phi) is 5.10. The molecule has 3 N–H and O–H groups in total. The van der Waals surface area contributed by atoms with Crippen LogP contribution in [0.4, 0.5) is 18.9 Å². The van der Waals surface area contributed by atoms with Gasteiger partial charge in [0.2, 0.25) is 15.8 Å². The summed E-state index contributed by atoms with van der Waals surface area (Å²) in [6, 6.07) is 4.13. The zero-order valence-electron chi connectivity index (χ0n) is 12.9. The van der Waals surface area contributed by atoms with E-state index >= 15 is 0 Å². The molecule has 27 heavy (non-hydrogen) atoms. The number of hydrogen-bond acceptors (Lipinski definition) is 6. The highest BCUT2D eigenvalue weighted by Gasteiger charge is 2.32. The summed E-state index contributed by atoms with van der Waals surface area (Å²) in [5.74, 6) is -3.30. The molecule has 0 heterocycles. The molecule has 9 nitrogen and oxygen atoms in total. The number of carboxylic acids is 1. The maximum atomic E-state index is 12.8. The van der Waals surface area contributed by atoms with Gasteiger partial charge in [0, 0.05) is 6.07 Å². The number of rotatable bonds is 5. The van der Waals surface area contributed by atoms with E-state index < -0.39 is 60.3 Å². The Morgan fingerprint density at radius 3 is 2.33 bits per heavy atom. The standard InChI is InChI=1S/C14H9F3N2O7S/c15-14(16,17)7-2-1-3-8(4-7)26-12-10(13(20)21)5-9(27(18,24)25)6-11(12)19(22)23/h1-6H,(H,20,21)(H2,18,24,25). The van der Waals surface area contributed by atoms with Crippen LogP contribution >= 0.6 is 0 Å². The number of primary sulfonamides is 1. The highest BCUT2D eigenvalue weighted by atomic mass is 32.2. The summed E-state index contributed by atoms with van der Waals surface area (Å²) in [5.41, 5.74) is -3.21. The molecule has 2 aromatic rings. The minimum absolute atomic E-state index is 0.449. The number of carboxylic acid groups (broad SMARTS) is 1. The van der Waals surface area contributed by atoms with Crippen molar-refractivity contribution in [3.05, 3.63) is 57.6 Å². The largest absolute Gasteiger partial charge is 0.478 e. The van der Waals surface area contributed by atoms with Gasteiger partial charge in [0.05, 0.1) is 15.4 Å². The van der Waals surface area contributed by atoms with E-state index in [4.69, 9.17) is 9.88 Å². The van der Waals surface area contributed by atoms with E-state index in [9.17, 15) is 41.6 Å². The van der Waals surface area contributed by atoms with Crippen molar-refractivity contribution in [1.82, 2.24) is 0 Å². The van der Waals surface area contributed by atoms with Gasteiger partial charge in [-0.25, -0.2) is 18.4 Å². The van der Waals surface area contributed by atoms with Gasteiger partial charge in [-0.2, -0.15) is 13.2 Å². The molecule has 0 aliphatic heterocycles. The summed E-state index contributed by atoms with van der Waals surface area (Å²) in [6.45, 7) is 0.